The van der Waals surface area contributed by atoms with E-state index in [9.17, 15) is 9.90 Å². The molecule has 2 aromatic rings. The van der Waals surface area contributed by atoms with Crippen LogP contribution in [-0.4, -0.2) is 61.8 Å². The topological polar surface area (TPSA) is 55.8 Å². The molecular formula is C25H31N3O2. The molecule has 0 saturated carbocycles. The van der Waals surface area contributed by atoms with Gasteiger partial charge in [0.2, 0.25) is 0 Å². The summed E-state index contributed by atoms with van der Waals surface area (Å²) in [6.07, 6.45) is 7.44. The number of hydrogen-bond donors (Lipinski definition) is 2. The highest BCUT2D eigenvalue weighted by Crippen LogP contribution is 2.39. The number of carbonyl (C=O) groups is 1. The number of carboxylic acids is 1. The lowest BCUT2D eigenvalue weighted by atomic mass is 9.79. The van der Waals surface area contributed by atoms with E-state index >= 15 is 0 Å². The zero-order valence-electron chi connectivity index (χ0n) is 18.4. The molecule has 158 valence electrons. The number of nitrogens with one attached hydrogen (secondary N) is 1. The second kappa shape index (κ2) is 8.86. The predicted octanol–water partition coefficient (Wildman–Crippen LogP) is 4.26. The molecule has 5 nitrogen and oxygen atoms in total. The Balaban J connectivity index is 2.13. The molecule has 30 heavy (non-hydrogen) atoms. The van der Waals surface area contributed by atoms with Gasteiger partial charge in [0.05, 0.1) is 11.2 Å². The van der Waals surface area contributed by atoms with Gasteiger partial charge in [-0.25, -0.2) is 4.79 Å². The Kier molecular flexibility index (Phi) is 6.44. The first-order valence-corrected chi connectivity index (χ1v) is 10.1. The molecule has 1 aliphatic carbocycles. The van der Waals surface area contributed by atoms with Gasteiger partial charge in [0, 0.05) is 25.1 Å². The number of likely N-dealkylation sites (N-methyl/N-ethyl adjacent to an activating group) is 2. The van der Waals surface area contributed by atoms with Gasteiger partial charge >= 0.3 is 5.97 Å². The summed E-state index contributed by atoms with van der Waals surface area (Å²) < 4.78 is 0. The highest BCUT2D eigenvalue weighted by atomic mass is 16.4. The standard InChI is InChI=1S/C25H31N3O2/c1-26-20-11-12-21(22(17-20)24(29)30)23(18-9-7-6-8-10-18)19-13-15-25(16-14-19,27(2)3)28(4)5/h6-15,17,23,26H,16H2,1-5H3,(H,29,30). The Labute approximate surface area is 179 Å². The summed E-state index contributed by atoms with van der Waals surface area (Å²) in [4.78, 5) is 16.5. The van der Waals surface area contributed by atoms with E-state index < -0.39 is 5.97 Å². The van der Waals surface area contributed by atoms with Crippen molar-refractivity contribution in [3.8, 4) is 0 Å². The molecule has 0 fully saturated rings. The lowest BCUT2D eigenvalue weighted by molar-refractivity contribution is 0.0516. The van der Waals surface area contributed by atoms with E-state index in [2.05, 4.69) is 73.7 Å². The van der Waals surface area contributed by atoms with Gasteiger partial charge in [-0.2, -0.15) is 0 Å². The normalized spacial score (nSPS) is 16.4. The van der Waals surface area contributed by atoms with Gasteiger partial charge in [0.15, 0.2) is 0 Å². The van der Waals surface area contributed by atoms with E-state index in [-0.39, 0.29) is 11.6 Å². The lowest BCUT2D eigenvalue weighted by Crippen LogP contribution is -2.54. The first kappa shape index (κ1) is 21.8. The van der Waals surface area contributed by atoms with Crippen LogP contribution in [0.4, 0.5) is 5.69 Å². The fourth-order valence-corrected chi connectivity index (χ4v) is 4.26. The molecule has 0 amide bonds. The third-order valence-electron chi connectivity index (χ3n) is 6.08. The molecule has 0 radical (unpaired) electrons. The molecule has 2 aromatic carbocycles. The smallest absolute Gasteiger partial charge is 0.336 e. The Hall–Kier alpha value is -2.89. The predicted molar refractivity (Wildman–Crippen MR) is 123 cm³/mol. The summed E-state index contributed by atoms with van der Waals surface area (Å²) in [6.45, 7) is 0. The van der Waals surface area contributed by atoms with Crippen LogP contribution in [0.2, 0.25) is 0 Å². The van der Waals surface area contributed by atoms with Crippen molar-refractivity contribution in [1.29, 1.82) is 0 Å². The van der Waals surface area contributed by atoms with Crippen LogP contribution in [-0.2, 0) is 0 Å². The first-order valence-electron chi connectivity index (χ1n) is 10.1. The minimum absolute atomic E-state index is 0.151. The van der Waals surface area contributed by atoms with Gasteiger partial charge in [-0.15, -0.1) is 0 Å². The average Bonchev–Trinajstić information content (AvgIpc) is 2.75. The molecule has 0 heterocycles. The molecule has 2 N–H and O–H groups in total. The van der Waals surface area contributed by atoms with Crippen LogP contribution < -0.4 is 5.32 Å². The Morgan fingerprint density at radius 3 is 2.23 bits per heavy atom. The summed E-state index contributed by atoms with van der Waals surface area (Å²) >= 11 is 0. The fraction of sp³-hybridized carbons (Fsp3) is 0.320. The molecular weight excluding hydrogens is 374 g/mol. The number of hydrogen-bond acceptors (Lipinski definition) is 4. The number of anilines is 1. The van der Waals surface area contributed by atoms with Gasteiger partial charge in [0.1, 0.15) is 0 Å². The molecule has 1 unspecified atom stereocenters. The van der Waals surface area contributed by atoms with Crippen LogP contribution in [0, 0.1) is 0 Å². The van der Waals surface area contributed by atoms with Gasteiger partial charge in [-0.1, -0.05) is 48.6 Å². The zero-order valence-corrected chi connectivity index (χ0v) is 18.4. The average molecular weight is 406 g/mol. The summed E-state index contributed by atoms with van der Waals surface area (Å²) in [5.74, 6) is -1.07. The number of nitrogens with zero attached hydrogens (tertiary/aromatic N) is 2. The monoisotopic (exact) mass is 405 g/mol. The maximum Gasteiger partial charge on any atom is 0.336 e. The van der Waals surface area contributed by atoms with Crippen molar-refractivity contribution >= 4 is 11.7 Å². The summed E-state index contributed by atoms with van der Waals surface area (Å²) in [5, 5.41) is 13.0. The van der Waals surface area contributed by atoms with Crippen molar-refractivity contribution in [2.24, 2.45) is 0 Å². The van der Waals surface area contributed by atoms with Gasteiger partial charge in [-0.3, -0.25) is 9.80 Å². The Bertz CT molecular complexity index is 954. The van der Waals surface area contributed by atoms with E-state index in [1.807, 2.05) is 30.3 Å². The molecule has 0 spiro atoms. The number of carboxylic acid groups (broad SMARTS) is 1. The van der Waals surface area contributed by atoms with Gasteiger partial charge in [0.25, 0.3) is 0 Å². The summed E-state index contributed by atoms with van der Waals surface area (Å²) in [6, 6.07) is 15.7. The quantitative estimate of drug-likeness (QED) is 0.674. The molecule has 3 rings (SSSR count). The van der Waals surface area contributed by atoms with Crippen LogP contribution in [0.5, 0.6) is 0 Å². The minimum Gasteiger partial charge on any atom is -0.478 e. The Morgan fingerprint density at radius 2 is 1.73 bits per heavy atom. The molecule has 1 atom stereocenters. The Morgan fingerprint density at radius 1 is 1.07 bits per heavy atom. The van der Waals surface area contributed by atoms with Crippen LogP contribution >= 0.6 is 0 Å². The third-order valence-corrected chi connectivity index (χ3v) is 6.08. The molecule has 0 aromatic heterocycles. The number of allylic oxidation sites excluding steroid dienone is 2. The third kappa shape index (κ3) is 4.04. The van der Waals surface area contributed by atoms with Crippen LogP contribution in [0.15, 0.2) is 72.3 Å². The van der Waals surface area contributed by atoms with Crippen molar-refractivity contribution in [1.82, 2.24) is 9.80 Å². The van der Waals surface area contributed by atoms with Crippen LogP contribution in [0.3, 0.4) is 0 Å². The van der Waals surface area contributed by atoms with E-state index in [1.54, 1.807) is 13.1 Å². The minimum atomic E-state index is -0.917. The van der Waals surface area contributed by atoms with E-state index in [0.717, 1.165) is 28.8 Å². The van der Waals surface area contributed by atoms with E-state index in [0.29, 0.717) is 5.56 Å². The summed E-state index contributed by atoms with van der Waals surface area (Å²) in [7, 11) is 10.1. The molecule has 0 bridgehead atoms. The maximum atomic E-state index is 12.1. The molecule has 0 aliphatic heterocycles. The second-order valence-electron chi connectivity index (χ2n) is 8.11. The van der Waals surface area contributed by atoms with Crippen molar-refractivity contribution in [3.05, 3.63) is 89.0 Å². The highest BCUT2D eigenvalue weighted by molar-refractivity contribution is 5.91. The zero-order chi connectivity index (χ0) is 21.9. The van der Waals surface area contributed by atoms with Crippen molar-refractivity contribution in [2.45, 2.75) is 18.0 Å². The molecule has 0 saturated heterocycles. The number of benzene rings is 2. The highest BCUT2D eigenvalue weighted by Gasteiger charge is 2.35. The largest absolute Gasteiger partial charge is 0.478 e. The van der Waals surface area contributed by atoms with Crippen LogP contribution in [0.1, 0.15) is 33.8 Å². The maximum absolute atomic E-state index is 12.1. The molecule has 1 aliphatic rings. The number of rotatable bonds is 7. The number of aromatic carboxylic acids is 1. The lowest BCUT2D eigenvalue weighted by Gasteiger charge is -2.44. The molecule has 5 heteroatoms. The van der Waals surface area contributed by atoms with E-state index in [4.69, 9.17) is 0 Å². The fourth-order valence-electron chi connectivity index (χ4n) is 4.26. The van der Waals surface area contributed by atoms with Crippen LogP contribution in [0.25, 0.3) is 0 Å². The second-order valence-corrected chi connectivity index (χ2v) is 8.11. The van der Waals surface area contributed by atoms with Crippen molar-refractivity contribution in [3.63, 3.8) is 0 Å². The van der Waals surface area contributed by atoms with Gasteiger partial charge < -0.3 is 10.4 Å². The summed E-state index contributed by atoms with van der Waals surface area (Å²) in [5.41, 5.74) is 3.90. The van der Waals surface area contributed by atoms with Crippen molar-refractivity contribution in [2.75, 3.05) is 40.6 Å². The van der Waals surface area contributed by atoms with E-state index in [1.165, 1.54) is 0 Å². The van der Waals surface area contributed by atoms with Gasteiger partial charge in [-0.05, 0) is 63.1 Å². The SMILES string of the molecule is CNc1ccc(C(C2=CCC(N(C)C)(N(C)C)C=C2)c2ccccc2)c(C(=O)O)c1. The first-order chi connectivity index (χ1) is 14.3. The van der Waals surface area contributed by atoms with Crippen molar-refractivity contribution < 1.29 is 9.90 Å².